The molecule has 3 unspecified atom stereocenters. The van der Waals surface area contributed by atoms with Gasteiger partial charge in [0.15, 0.2) is 11.9 Å². The van der Waals surface area contributed by atoms with E-state index in [2.05, 4.69) is 10.6 Å². The van der Waals surface area contributed by atoms with Crippen molar-refractivity contribution >= 4 is 29.2 Å². The van der Waals surface area contributed by atoms with E-state index in [1.165, 1.54) is 0 Å². The molecule has 0 saturated heterocycles. The second-order valence-electron chi connectivity index (χ2n) is 10.6. The number of anilines is 2. The fourth-order valence-electron chi connectivity index (χ4n) is 5.45. The Bertz CT molecular complexity index is 1450. The Morgan fingerprint density at radius 2 is 1.68 bits per heavy atom. The zero-order chi connectivity index (χ0) is 28.9. The maximum absolute atomic E-state index is 13.4. The number of ketones is 1. The molecule has 3 aromatic carbocycles. The predicted molar refractivity (Wildman–Crippen MR) is 156 cm³/mol. The minimum absolute atomic E-state index is 0.00292. The second-order valence-corrected chi connectivity index (χ2v) is 10.6. The van der Waals surface area contributed by atoms with Gasteiger partial charge in [0.2, 0.25) is 5.78 Å². The summed E-state index contributed by atoms with van der Waals surface area (Å²) in [5.74, 6) is -1.74. The van der Waals surface area contributed by atoms with Gasteiger partial charge in [-0.3, -0.25) is 4.79 Å². The Hall–Kier alpha value is -4.59. The number of carbonyl (C=O) groups excluding carboxylic acids is 3. The number of ether oxygens (including phenoxy) is 2. The highest BCUT2D eigenvalue weighted by molar-refractivity contribution is 6.09. The van der Waals surface area contributed by atoms with Gasteiger partial charge in [-0.2, -0.15) is 0 Å². The number of amides is 2. The lowest BCUT2D eigenvalue weighted by molar-refractivity contribution is -0.158. The lowest BCUT2D eigenvalue weighted by Gasteiger charge is -2.31. The summed E-state index contributed by atoms with van der Waals surface area (Å²) in [6, 6.07) is 23.4. The van der Waals surface area contributed by atoms with Crippen LogP contribution in [0, 0.1) is 11.8 Å². The SMILES string of the molecule is CCC(Cc1ccccc1)C1OC(=O)C(C(c2cccc(NC(=O)Nc3ccc(OC)cc3)c2)C2CC2)=C(O)C1=O. The summed E-state index contributed by atoms with van der Waals surface area (Å²) in [5.41, 5.74) is 2.87. The topological polar surface area (TPSA) is 114 Å². The Balaban J connectivity index is 1.35. The average Bonchev–Trinajstić information content (AvgIpc) is 3.82. The number of hydrogen-bond donors (Lipinski definition) is 3. The molecule has 3 atom stereocenters. The largest absolute Gasteiger partial charge is 0.504 e. The number of carbonyl (C=O) groups is 3. The van der Waals surface area contributed by atoms with Crippen LogP contribution in [-0.4, -0.2) is 36.1 Å². The summed E-state index contributed by atoms with van der Waals surface area (Å²) in [5, 5.41) is 16.7. The molecule has 3 N–H and O–H groups in total. The highest BCUT2D eigenvalue weighted by Crippen LogP contribution is 2.49. The lowest BCUT2D eigenvalue weighted by Crippen LogP contribution is -2.42. The molecule has 8 nitrogen and oxygen atoms in total. The van der Waals surface area contributed by atoms with E-state index >= 15 is 0 Å². The summed E-state index contributed by atoms with van der Waals surface area (Å²) in [7, 11) is 1.57. The van der Waals surface area contributed by atoms with E-state index in [-0.39, 0.29) is 17.4 Å². The summed E-state index contributed by atoms with van der Waals surface area (Å²) >= 11 is 0. The van der Waals surface area contributed by atoms with Gasteiger partial charge in [0, 0.05) is 23.2 Å². The first kappa shape index (κ1) is 28.0. The van der Waals surface area contributed by atoms with Crippen molar-refractivity contribution in [1.82, 2.24) is 0 Å². The van der Waals surface area contributed by atoms with E-state index in [0.29, 0.717) is 30.0 Å². The molecule has 3 aromatic rings. The van der Waals surface area contributed by atoms with Crippen LogP contribution < -0.4 is 15.4 Å². The molecule has 41 heavy (non-hydrogen) atoms. The number of urea groups is 1. The molecule has 0 bridgehead atoms. The van der Waals surface area contributed by atoms with Crippen molar-refractivity contribution in [2.45, 2.75) is 44.6 Å². The molecule has 2 aliphatic rings. The molecule has 1 saturated carbocycles. The van der Waals surface area contributed by atoms with Gasteiger partial charge in [0.1, 0.15) is 5.75 Å². The molecule has 212 valence electrons. The van der Waals surface area contributed by atoms with Crippen molar-refractivity contribution in [3.05, 3.63) is 101 Å². The lowest BCUT2D eigenvalue weighted by atomic mass is 9.81. The third kappa shape index (κ3) is 6.43. The van der Waals surface area contributed by atoms with Crippen molar-refractivity contribution in [2.24, 2.45) is 11.8 Å². The summed E-state index contributed by atoms with van der Waals surface area (Å²) < 4.78 is 10.9. The molecule has 0 aromatic heterocycles. The molecular weight excluding hydrogens is 520 g/mol. The van der Waals surface area contributed by atoms with Crippen LogP contribution in [0.25, 0.3) is 0 Å². The van der Waals surface area contributed by atoms with Gasteiger partial charge >= 0.3 is 12.0 Å². The first-order valence-corrected chi connectivity index (χ1v) is 13.9. The van der Waals surface area contributed by atoms with Crippen molar-refractivity contribution < 1.29 is 29.0 Å². The number of Topliss-reactive ketones (excluding diaryl/α,β-unsaturated/α-hetero) is 1. The fraction of sp³-hybridized carbons (Fsp3) is 0.303. The van der Waals surface area contributed by atoms with Gasteiger partial charge < -0.3 is 25.2 Å². The van der Waals surface area contributed by atoms with E-state index in [9.17, 15) is 19.5 Å². The van der Waals surface area contributed by atoms with Crippen LogP contribution in [0.2, 0.25) is 0 Å². The first-order chi connectivity index (χ1) is 19.9. The Labute approximate surface area is 239 Å². The maximum atomic E-state index is 13.4. The molecular formula is C33H34N2O6. The van der Waals surface area contributed by atoms with Gasteiger partial charge in [-0.25, -0.2) is 9.59 Å². The van der Waals surface area contributed by atoms with Gasteiger partial charge in [0.05, 0.1) is 12.7 Å². The van der Waals surface area contributed by atoms with Crippen LogP contribution in [0.15, 0.2) is 90.2 Å². The zero-order valence-electron chi connectivity index (χ0n) is 23.1. The highest BCUT2D eigenvalue weighted by atomic mass is 16.6. The number of nitrogens with one attached hydrogen (secondary N) is 2. The summed E-state index contributed by atoms with van der Waals surface area (Å²) in [6.07, 6.45) is 1.84. The van der Waals surface area contributed by atoms with Crippen molar-refractivity contribution in [3.63, 3.8) is 0 Å². The van der Waals surface area contributed by atoms with Crippen molar-refractivity contribution in [3.8, 4) is 5.75 Å². The van der Waals surface area contributed by atoms with Crippen molar-refractivity contribution in [1.29, 1.82) is 0 Å². The number of esters is 1. The van der Waals surface area contributed by atoms with Gasteiger partial charge in [-0.15, -0.1) is 0 Å². The maximum Gasteiger partial charge on any atom is 0.339 e. The van der Waals surface area contributed by atoms with Crippen LogP contribution in [0.4, 0.5) is 16.2 Å². The summed E-state index contributed by atoms with van der Waals surface area (Å²) in [6.45, 7) is 1.95. The summed E-state index contributed by atoms with van der Waals surface area (Å²) in [4.78, 5) is 39.5. The van der Waals surface area contributed by atoms with Crippen LogP contribution in [0.3, 0.4) is 0 Å². The van der Waals surface area contributed by atoms with Crippen LogP contribution >= 0.6 is 0 Å². The third-order valence-electron chi connectivity index (χ3n) is 7.75. The Morgan fingerprint density at radius 1 is 0.976 bits per heavy atom. The molecule has 1 heterocycles. The van der Waals surface area contributed by atoms with E-state index in [1.54, 1.807) is 49.6 Å². The third-order valence-corrected chi connectivity index (χ3v) is 7.75. The number of benzene rings is 3. The minimum Gasteiger partial charge on any atom is -0.504 e. The molecule has 1 aliphatic heterocycles. The Morgan fingerprint density at radius 3 is 2.34 bits per heavy atom. The molecule has 0 radical (unpaired) electrons. The molecule has 1 fully saturated rings. The van der Waals surface area contributed by atoms with E-state index in [0.717, 1.165) is 24.0 Å². The number of methoxy groups -OCH3 is 1. The standard InChI is InChI=1S/C33H34N2O6/c1-3-21(18-20-8-5-4-6-9-20)31-30(37)29(36)28(32(38)41-31)27(22-12-13-22)23-10-7-11-25(19-23)35-33(39)34-24-14-16-26(40-2)17-15-24/h4-11,14-17,19,21-22,27,31,36H,3,12-13,18H2,1-2H3,(H2,34,35,39). The van der Waals surface area contributed by atoms with E-state index in [4.69, 9.17) is 9.47 Å². The fourth-order valence-corrected chi connectivity index (χ4v) is 5.45. The number of aliphatic hydroxyl groups excluding tert-OH is 1. The van der Waals surface area contributed by atoms with Gasteiger partial charge in [0.25, 0.3) is 0 Å². The number of cyclic esters (lactones) is 1. The quantitative estimate of drug-likeness (QED) is 0.250. The minimum atomic E-state index is -1.04. The monoisotopic (exact) mass is 554 g/mol. The number of aliphatic hydroxyl groups is 1. The first-order valence-electron chi connectivity index (χ1n) is 13.9. The molecule has 5 rings (SSSR count). The average molecular weight is 555 g/mol. The zero-order valence-corrected chi connectivity index (χ0v) is 23.1. The van der Waals surface area contributed by atoms with E-state index < -0.39 is 35.6 Å². The number of hydrogen-bond acceptors (Lipinski definition) is 6. The molecule has 1 aliphatic carbocycles. The molecule has 8 heteroatoms. The Kier molecular flexibility index (Phi) is 8.38. The van der Waals surface area contributed by atoms with Crippen LogP contribution in [0.5, 0.6) is 5.75 Å². The van der Waals surface area contributed by atoms with Crippen LogP contribution in [0.1, 0.15) is 43.2 Å². The second kappa shape index (κ2) is 12.3. The van der Waals surface area contributed by atoms with Crippen molar-refractivity contribution in [2.75, 3.05) is 17.7 Å². The highest BCUT2D eigenvalue weighted by Gasteiger charge is 2.47. The smallest absolute Gasteiger partial charge is 0.339 e. The van der Waals surface area contributed by atoms with Gasteiger partial charge in [-0.05, 0) is 79.1 Å². The molecule has 2 amide bonds. The van der Waals surface area contributed by atoms with E-state index in [1.807, 2.05) is 43.3 Å². The number of rotatable bonds is 10. The predicted octanol–water partition coefficient (Wildman–Crippen LogP) is 6.41. The van der Waals surface area contributed by atoms with Crippen LogP contribution in [-0.2, 0) is 20.7 Å². The normalized spacial score (nSPS) is 18.3. The molecule has 0 spiro atoms. The van der Waals surface area contributed by atoms with Gasteiger partial charge in [-0.1, -0.05) is 49.4 Å².